The highest BCUT2D eigenvalue weighted by molar-refractivity contribution is 5.85. The van der Waals surface area contributed by atoms with Crippen molar-refractivity contribution in [3.05, 3.63) is 36.0 Å². The molecule has 1 aromatic heterocycles. The fourth-order valence-electron chi connectivity index (χ4n) is 2.11. The van der Waals surface area contributed by atoms with Gasteiger partial charge in [-0.2, -0.15) is 0 Å². The van der Waals surface area contributed by atoms with Crippen LogP contribution in [0.5, 0.6) is 0 Å². The number of hydrogen-bond donors (Lipinski definition) is 3. The molecule has 0 bridgehead atoms. The molecule has 21 heavy (non-hydrogen) atoms. The number of benzene rings is 1. The minimum atomic E-state index is -0.664. The summed E-state index contributed by atoms with van der Waals surface area (Å²) in [5.41, 5.74) is 7.92. The summed E-state index contributed by atoms with van der Waals surface area (Å²) in [6.45, 7) is 0.417. The second-order valence-electron chi connectivity index (χ2n) is 4.77. The molecule has 2 aromatic rings. The highest BCUT2D eigenvalue weighted by Crippen LogP contribution is 2.18. The molecule has 0 saturated carbocycles. The number of rotatable bonds is 7. The normalized spacial score (nSPS) is 11.9. The molecule has 5 nitrogen and oxygen atoms in total. The molecule has 4 N–H and O–H groups in total. The molecule has 0 radical (unpaired) electrons. The van der Waals surface area contributed by atoms with Crippen LogP contribution in [0.25, 0.3) is 10.9 Å². The summed E-state index contributed by atoms with van der Waals surface area (Å²) in [4.78, 5) is 14.9. The number of aliphatic hydroxyl groups excluding tert-OH is 1. The largest absolute Gasteiger partial charge is 0.465 e. The van der Waals surface area contributed by atoms with Crippen LogP contribution in [-0.4, -0.2) is 35.3 Å². The molecule has 0 aliphatic heterocycles. The number of unbranched alkanes of at least 4 members (excludes halogenated alkanes) is 1. The summed E-state index contributed by atoms with van der Waals surface area (Å²) >= 11 is 0. The van der Waals surface area contributed by atoms with Gasteiger partial charge in [0, 0.05) is 30.1 Å². The molecule has 0 aliphatic carbocycles. The number of ether oxygens (including phenoxy) is 1. The van der Waals surface area contributed by atoms with Gasteiger partial charge in [0.15, 0.2) is 0 Å². The van der Waals surface area contributed by atoms with Gasteiger partial charge in [-0.05, 0) is 24.5 Å². The van der Waals surface area contributed by atoms with E-state index in [9.17, 15) is 4.79 Å². The molecule has 1 aromatic carbocycles. The van der Waals surface area contributed by atoms with E-state index in [2.05, 4.69) is 4.98 Å². The highest BCUT2D eigenvalue weighted by Gasteiger charge is 2.17. The maximum atomic E-state index is 11.7. The van der Waals surface area contributed by atoms with E-state index in [1.165, 1.54) is 0 Å². The molecular formula is C15H21ClN2O3. The number of fused-ring (bicyclic) bond motifs is 1. The number of halogens is 1. The topological polar surface area (TPSA) is 88.3 Å². The zero-order valence-corrected chi connectivity index (χ0v) is 12.6. The molecule has 116 valence electrons. The van der Waals surface area contributed by atoms with Crippen LogP contribution in [0.4, 0.5) is 0 Å². The Morgan fingerprint density at radius 3 is 2.86 bits per heavy atom. The first-order valence-corrected chi connectivity index (χ1v) is 6.80. The maximum Gasteiger partial charge on any atom is 0.323 e. The van der Waals surface area contributed by atoms with Crippen LogP contribution in [0.2, 0.25) is 0 Å². The van der Waals surface area contributed by atoms with E-state index in [1.807, 2.05) is 30.5 Å². The third-order valence-electron chi connectivity index (χ3n) is 3.21. The lowest BCUT2D eigenvalue weighted by Crippen LogP contribution is -2.34. The van der Waals surface area contributed by atoms with Crippen molar-refractivity contribution < 1.29 is 14.6 Å². The van der Waals surface area contributed by atoms with E-state index in [1.54, 1.807) is 0 Å². The number of esters is 1. The van der Waals surface area contributed by atoms with Crippen molar-refractivity contribution in [3.8, 4) is 0 Å². The SMILES string of the molecule is Cl.N[C@@H](Cc1c[nH]c2ccccc12)C(=O)OCCCCO. The van der Waals surface area contributed by atoms with Gasteiger partial charge in [0.05, 0.1) is 6.61 Å². The Hall–Kier alpha value is -1.56. The third-order valence-corrected chi connectivity index (χ3v) is 3.21. The quantitative estimate of drug-likeness (QED) is 0.537. The second kappa shape index (κ2) is 8.67. The van der Waals surface area contributed by atoms with Gasteiger partial charge in [-0.25, -0.2) is 0 Å². The lowest BCUT2D eigenvalue weighted by Gasteiger charge is -2.11. The third kappa shape index (κ3) is 4.74. The smallest absolute Gasteiger partial charge is 0.323 e. The van der Waals surface area contributed by atoms with Crippen LogP contribution in [0.1, 0.15) is 18.4 Å². The molecule has 2 rings (SSSR count). The van der Waals surface area contributed by atoms with Crippen molar-refractivity contribution in [3.63, 3.8) is 0 Å². The number of aliphatic hydroxyl groups is 1. The lowest BCUT2D eigenvalue weighted by atomic mass is 10.1. The molecule has 0 unspecified atom stereocenters. The van der Waals surface area contributed by atoms with Gasteiger partial charge >= 0.3 is 5.97 Å². The van der Waals surface area contributed by atoms with Gasteiger partial charge in [0.1, 0.15) is 6.04 Å². The fraction of sp³-hybridized carbons (Fsp3) is 0.400. The predicted molar refractivity (Wildman–Crippen MR) is 84.5 cm³/mol. The molecule has 6 heteroatoms. The van der Waals surface area contributed by atoms with Crippen molar-refractivity contribution in [1.82, 2.24) is 4.98 Å². The molecule has 0 amide bonds. The summed E-state index contributed by atoms with van der Waals surface area (Å²) in [5, 5.41) is 9.72. The summed E-state index contributed by atoms with van der Waals surface area (Å²) in [6.07, 6.45) is 3.61. The Bertz CT molecular complexity index is 571. The van der Waals surface area contributed by atoms with Crippen molar-refractivity contribution in [2.24, 2.45) is 5.73 Å². The Morgan fingerprint density at radius 2 is 2.10 bits per heavy atom. The van der Waals surface area contributed by atoms with E-state index in [4.69, 9.17) is 15.6 Å². The lowest BCUT2D eigenvalue weighted by molar-refractivity contribution is -0.145. The minimum Gasteiger partial charge on any atom is -0.465 e. The van der Waals surface area contributed by atoms with Crippen molar-refractivity contribution in [1.29, 1.82) is 0 Å². The van der Waals surface area contributed by atoms with Crippen LogP contribution < -0.4 is 5.73 Å². The number of para-hydroxylation sites is 1. The first kappa shape index (κ1) is 17.5. The Labute approximate surface area is 129 Å². The molecular weight excluding hydrogens is 292 g/mol. The summed E-state index contributed by atoms with van der Waals surface area (Å²) < 4.78 is 5.08. The van der Waals surface area contributed by atoms with E-state index in [0.29, 0.717) is 25.9 Å². The Morgan fingerprint density at radius 1 is 1.33 bits per heavy atom. The van der Waals surface area contributed by atoms with Crippen molar-refractivity contribution in [2.45, 2.75) is 25.3 Å². The monoisotopic (exact) mass is 312 g/mol. The van der Waals surface area contributed by atoms with Crippen molar-refractivity contribution >= 4 is 29.3 Å². The Kier molecular flexibility index (Phi) is 7.22. The number of carbonyl (C=O) groups excluding carboxylic acids is 1. The molecule has 0 fully saturated rings. The first-order valence-electron chi connectivity index (χ1n) is 6.80. The van der Waals surface area contributed by atoms with Gasteiger partial charge in [-0.1, -0.05) is 18.2 Å². The number of hydrogen-bond acceptors (Lipinski definition) is 4. The zero-order valence-electron chi connectivity index (χ0n) is 11.7. The predicted octanol–water partition coefficient (Wildman–Crippen LogP) is 1.78. The molecule has 0 saturated heterocycles. The average molecular weight is 313 g/mol. The van der Waals surface area contributed by atoms with Crippen molar-refractivity contribution in [2.75, 3.05) is 13.2 Å². The summed E-state index contributed by atoms with van der Waals surface area (Å²) in [6, 6.07) is 7.23. The van der Waals surface area contributed by atoms with Crippen LogP contribution in [0, 0.1) is 0 Å². The number of aromatic nitrogens is 1. The fourth-order valence-corrected chi connectivity index (χ4v) is 2.11. The Balaban J connectivity index is 0.00000220. The van der Waals surface area contributed by atoms with E-state index >= 15 is 0 Å². The number of carbonyl (C=O) groups is 1. The number of aromatic amines is 1. The van der Waals surface area contributed by atoms with Crippen LogP contribution in [0.3, 0.4) is 0 Å². The molecule has 1 atom stereocenters. The first-order chi connectivity index (χ1) is 9.72. The average Bonchev–Trinajstić information content (AvgIpc) is 2.87. The minimum absolute atomic E-state index is 0. The summed E-state index contributed by atoms with van der Waals surface area (Å²) in [7, 11) is 0. The van der Waals surface area contributed by atoms with Crippen LogP contribution in [-0.2, 0) is 16.0 Å². The van der Waals surface area contributed by atoms with E-state index in [0.717, 1.165) is 16.5 Å². The molecule has 1 heterocycles. The van der Waals surface area contributed by atoms with Gasteiger partial charge in [-0.3, -0.25) is 4.79 Å². The highest BCUT2D eigenvalue weighted by atomic mass is 35.5. The van der Waals surface area contributed by atoms with Crippen LogP contribution in [0.15, 0.2) is 30.5 Å². The van der Waals surface area contributed by atoms with E-state index in [-0.39, 0.29) is 19.0 Å². The van der Waals surface area contributed by atoms with E-state index < -0.39 is 12.0 Å². The van der Waals surface area contributed by atoms with Gasteiger partial charge < -0.3 is 20.6 Å². The van der Waals surface area contributed by atoms with Gasteiger partial charge in [0.25, 0.3) is 0 Å². The standard InChI is InChI=1S/C15H20N2O3.ClH/c16-13(15(19)20-8-4-3-7-18)9-11-10-17-14-6-2-1-5-12(11)14;/h1-2,5-6,10,13,17-18H,3-4,7-9,16H2;1H/t13-;/m0./s1. The number of nitrogens with two attached hydrogens (primary N) is 1. The molecule has 0 spiro atoms. The van der Waals surface area contributed by atoms with Crippen LogP contribution >= 0.6 is 12.4 Å². The van der Waals surface area contributed by atoms with Gasteiger partial charge in [0.2, 0.25) is 0 Å². The maximum absolute atomic E-state index is 11.7. The number of H-pyrrole nitrogens is 1. The zero-order chi connectivity index (χ0) is 14.4. The summed E-state index contributed by atoms with van der Waals surface area (Å²) in [5.74, 6) is -0.395. The second-order valence-corrected chi connectivity index (χ2v) is 4.77. The van der Waals surface area contributed by atoms with Gasteiger partial charge in [-0.15, -0.1) is 12.4 Å². The molecule has 0 aliphatic rings. The number of nitrogens with one attached hydrogen (secondary N) is 1.